The molecule has 0 aliphatic rings. The summed E-state index contributed by atoms with van der Waals surface area (Å²) in [6, 6.07) is 5.01. The lowest BCUT2D eigenvalue weighted by molar-refractivity contribution is 0.0706. The van der Waals surface area contributed by atoms with Crippen LogP contribution in [0.4, 0.5) is 0 Å². The molecular formula is C16H17N3O2. The van der Waals surface area contributed by atoms with Crippen LogP contribution in [0.15, 0.2) is 48.6 Å². The van der Waals surface area contributed by atoms with E-state index in [-0.39, 0.29) is 0 Å². The Morgan fingerprint density at radius 3 is 2.81 bits per heavy atom. The highest BCUT2D eigenvalue weighted by molar-refractivity contribution is 5.97. The highest BCUT2D eigenvalue weighted by atomic mass is 16.5. The molecule has 0 radical (unpaired) electrons. The third kappa shape index (κ3) is 3.27. The van der Waals surface area contributed by atoms with E-state index in [0.29, 0.717) is 5.56 Å². The lowest BCUT2D eigenvalue weighted by atomic mass is 10.2. The molecule has 0 aliphatic carbocycles. The van der Waals surface area contributed by atoms with E-state index in [1.54, 1.807) is 23.7 Å². The second kappa shape index (κ2) is 6.67. The number of fused-ring (bicyclic) bond motifs is 1. The van der Waals surface area contributed by atoms with Gasteiger partial charge in [0.1, 0.15) is 5.82 Å². The molecule has 2 aromatic rings. The van der Waals surface area contributed by atoms with Gasteiger partial charge in [-0.05, 0) is 32.0 Å². The van der Waals surface area contributed by atoms with Gasteiger partial charge >= 0.3 is 0 Å². The zero-order valence-electron chi connectivity index (χ0n) is 11.9. The topological polar surface area (TPSA) is 78.0 Å². The first-order chi connectivity index (χ1) is 10.2. The third-order valence-electron chi connectivity index (χ3n) is 3.01. The number of aromatic amines is 1. The number of hydrogen-bond donors (Lipinski definition) is 3. The highest BCUT2D eigenvalue weighted by Crippen LogP contribution is 2.19. The van der Waals surface area contributed by atoms with E-state index in [9.17, 15) is 4.79 Å². The molecule has 2 rings (SSSR count). The van der Waals surface area contributed by atoms with Gasteiger partial charge in [-0.1, -0.05) is 30.4 Å². The lowest BCUT2D eigenvalue weighted by Crippen LogP contribution is -2.18. The number of aromatic nitrogens is 2. The number of hydrogen-bond acceptors (Lipinski definition) is 3. The number of H-pyrrole nitrogens is 1. The minimum absolute atomic E-state index is 0.367. The number of benzene rings is 1. The summed E-state index contributed by atoms with van der Waals surface area (Å²) in [5.74, 6) is 0.182. The van der Waals surface area contributed by atoms with Crippen molar-refractivity contribution in [2.24, 2.45) is 0 Å². The molecule has 0 saturated carbocycles. The zero-order chi connectivity index (χ0) is 15.2. The second-order valence-electron chi connectivity index (χ2n) is 4.39. The van der Waals surface area contributed by atoms with Crippen molar-refractivity contribution in [3.8, 4) is 0 Å². The van der Waals surface area contributed by atoms with Gasteiger partial charge in [0.15, 0.2) is 0 Å². The van der Waals surface area contributed by atoms with Crippen molar-refractivity contribution >= 4 is 22.5 Å². The SMILES string of the molecule is C\C=C/C=C\C(=C/C)c1nc2ccc(C(=O)NO)cc2[nH]1. The molecule has 5 heteroatoms. The largest absolute Gasteiger partial charge is 0.338 e. The van der Waals surface area contributed by atoms with Gasteiger partial charge in [-0.25, -0.2) is 10.5 Å². The Balaban J connectivity index is 2.40. The molecule has 0 aliphatic heterocycles. The van der Waals surface area contributed by atoms with Gasteiger partial charge in [0, 0.05) is 11.1 Å². The minimum Gasteiger partial charge on any atom is -0.338 e. The number of carbonyl (C=O) groups excluding carboxylic acids is 1. The molecule has 0 bridgehead atoms. The quantitative estimate of drug-likeness (QED) is 0.458. The van der Waals surface area contributed by atoms with Crippen molar-refractivity contribution in [2.75, 3.05) is 0 Å². The first-order valence-corrected chi connectivity index (χ1v) is 6.60. The number of allylic oxidation sites excluding steroid dienone is 6. The van der Waals surface area contributed by atoms with Crippen LogP contribution in [0, 0.1) is 0 Å². The minimum atomic E-state index is -0.549. The highest BCUT2D eigenvalue weighted by Gasteiger charge is 2.09. The van der Waals surface area contributed by atoms with E-state index < -0.39 is 5.91 Å². The van der Waals surface area contributed by atoms with Crippen molar-refractivity contribution in [3.63, 3.8) is 0 Å². The van der Waals surface area contributed by atoms with Crippen LogP contribution in [-0.2, 0) is 0 Å². The van der Waals surface area contributed by atoms with Crippen molar-refractivity contribution in [1.82, 2.24) is 15.4 Å². The van der Waals surface area contributed by atoms with Gasteiger partial charge in [0.25, 0.3) is 5.91 Å². The number of nitrogens with zero attached hydrogens (tertiary/aromatic N) is 1. The van der Waals surface area contributed by atoms with Crippen LogP contribution < -0.4 is 5.48 Å². The lowest BCUT2D eigenvalue weighted by Gasteiger charge is -1.97. The molecule has 0 atom stereocenters. The van der Waals surface area contributed by atoms with Crippen LogP contribution in [0.2, 0.25) is 0 Å². The van der Waals surface area contributed by atoms with Crippen LogP contribution >= 0.6 is 0 Å². The summed E-state index contributed by atoms with van der Waals surface area (Å²) in [4.78, 5) is 19.1. The molecule has 0 fully saturated rings. The Morgan fingerprint density at radius 1 is 1.33 bits per heavy atom. The van der Waals surface area contributed by atoms with Crippen LogP contribution in [0.5, 0.6) is 0 Å². The number of amides is 1. The van der Waals surface area contributed by atoms with Crippen LogP contribution in [0.25, 0.3) is 16.6 Å². The molecule has 1 aromatic heterocycles. The molecular weight excluding hydrogens is 266 g/mol. The summed E-state index contributed by atoms with van der Waals surface area (Å²) >= 11 is 0. The molecule has 0 saturated heterocycles. The number of carbonyl (C=O) groups is 1. The molecule has 1 heterocycles. The van der Waals surface area contributed by atoms with Gasteiger partial charge < -0.3 is 4.98 Å². The van der Waals surface area contributed by atoms with E-state index in [1.165, 1.54) is 0 Å². The predicted molar refractivity (Wildman–Crippen MR) is 83.0 cm³/mol. The fraction of sp³-hybridized carbons (Fsp3) is 0.125. The molecule has 1 amide bonds. The van der Waals surface area contributed by atoms with Gasteiger partial charge in [-0.2, -0.15) is 0 Å². The first kappa shape index (κ1) is 14.7. The zero-order valence-corrected chi connectivity index (χ0v) is 11.9. The van der Waals surface area contributed by atoms with Crippen molar-refractivity contribution in [3.05, 3.63) is 60.0 Å². The van der Waals surface area contributed by atoms with Gasteiger partial charge in [0.05, 0.1) is 11.0 Å². The fourth-order valence-electron chi connectivity index (χ4n) is 1.93. The number of imidazole rings is 1. The van der Waals surface area contributed by atoms with Crippen LogP contribution in [0.1, 0.15) is 30.0 Å². The summed E-state index contributed by atoms with van der Waals surface area (Å²) in [5.41, 5.74) is 4.44. The molecule has 1 aromatic carbocycles. The fourth-order valence-corrected chi connectivity index (χ4v) is 1.93. The summed E-state index contributed by atoms with van der Waals surface area (Å²) < 4.78 is 0. The molecule has 0 unspecified atom stereocenters. The van der Waals surface area contributed by atoms with E-state index in [0.717, 1.165) is 22.4 Å². The Hall–Kier alpha value is -2.66. The van der Waals surface area contributed by atoms with Crippen LogP contribution in [-0.4, -0.2) is 21.1 Å². The predicted octanol–water partition coefficient (Wildman–Crippen LogP) is 3.22. The maximum Gasteiger partial charge on any atom is 0.274 e. The van der Waals surface area contributed by atoms with E-state index in [1.807, 2.05) is 44.2 Å². The monoisotopic (exact) mass is 283 g/mol. The van der Waals surface area contributed by atoms with E-state index in [2.05, 4.69) is 9.97 Å². The number of nitrogens with one attached hydrogen (secondary N) is 2. The van der Waals surface area contributed by atoms with Crippen molar-refractivity contribution < 1.29 is 10.0 Å². The third-order valence-corrected chi connectivity index (χ3v) is 3.01. The number of hydroxylamine groups is 1. The first-order valence-electron chi connectivity index (χ1n) is 6.60. The van der Waals surface area contributed by atoms with E-state index >= 15 is 0 Å². The summed E-state index contributed by atoms with van der Waals surface area (Å²) in [7, 11) is 0. The smallest absolute Gasteiger partial charge is 0.274 e. The standard InChI is InChI=1S/C16H17N3O2/c1-3-5-6-7-11(4-2)15-17-13-9-8-12(16(20)19-21)10-14(13)18-15/h3-10,21H,1-2H3,(H,17,18)(H,19,20)/b5-3-,7-6-,11-4+. The maximum absolute atomic E-state index is 11.4. The van der Waals surface area contributed by atoms with E-state index in [4.69, 9.17) is 5.21 Å². The Bertz CT molecular complexity index is 739. The average Bonchev–Trinajstić information content (AvgIpc) is 2.93. The maximum atomic E-state index is 11.4. The Morgan fingerprint density at radius 2 is 2.14 bits per heavy atom. The van der Waals surface area contributed by atoms with Gasteiger partial charge in [0.2, 0.25) is 0 Å². The molecule has 21 heavy (non-hydrogen) atoms. The molecule has 0 spiro atoms. The van der Waals surface area contributed by atoms with Gasteiger partial charge in [-0.3, -0.25) is 10.0 Å². The number of rotatable bonds is 4. The molecule has 5 nitrogen and oxygen atoms in total. The summed E-state index contributed by atoms with van der Waals surface area (Å²) in [6.45, 7) is 3.89. The van der Waals surface area contributed by atoms with Crippen LogP contribution in [0.3, 0.4) is 0 Å². The molecule has 108 valence electrons. The van der Waals surface area contributed by atoms with Crippen molar-refractivity contribution in [1.29, 1.82) is 0 Å². The Labute approximate surface area is 122 Å². The summed E-state index contributed by atoms with van der Waals surface area (Å²) in [5, 5.41) is 8.66. The second-order valence-corrected chi connectivity index (χ2v) is 4.39. The normalized spacial score (nSPS) is 12.6. The van der Waals surface area contributed by atoms with Gasteiger partial charge in [-0.15, -0.1) is 0 Å². The van der Waals surface area contributed by atoms with Crippen molar-refractivity contribution in [2.45, 2.75) is 13.8 Å². The summed E-state index contributed by atoms with van der Waals surface area (Å²) in [6.07, 6.45) is 9.74. The molecule has 3 N–H and O–H groups in total. The Kier molecular flexibility index (Phi) is 4.68. The average molecular weight is 283 g/mol.